The van der Waals surface area contributed by atoms with Gasteiger partial charge in [0.2, 0.25) is 0 Å². The van der Waals surface area contributed by atoms with E-state index < -0.39 is 9.84 Å². The summed E-state index contributed by atoms with van der Waals surface area (Å²) in [6, 6.07) is 3.44. The van der Waals surface area contributed by atoms with Crippen LogP contribution in [0.3, 0.4) is 0 Å². The van der Waals surface area contributed by atoms with Gasteiger partial charge < -0.3 is 0 Å². The minimum absolute atomic E-state index is 0.418. The molecule has 1 rings (SSSR count). The highest BCUT2D eigenvalue weighted by atomic mass is 79.9. The molecule has 0 aliphatic heterocycles. The van der Waals surface area contributed by atoms with Gasteiger partial charge in [-0.15, -0.1) is 0 Å². The van der Waals surface area contributed by atoms with Crippen LogP contribution in [0.2, 0.25) is 0 Å². The lowest BCUT2D eigenvalue weighted by atomic mass is 10.1. The third-order valence-corrected chi connectivity index (χ3v) is 4.62. The van der Waals surface area contributed by atoms with Crippen molar-refractivity contribution >= 4 is 41.7 Å². The van der Waals surface area contributed by atoms with E-state index >= 15 is 0 Å². The van der Waals surface area contributed by atoms with Crippen molar-refractivity contribution < 1.29 is 8.42 Å². The van der Waals surface area contributed by atoms with Crippen molar-refractivity contribution in [3.8, 4) is 0 Å². The number of halogens is 2. The van der Waals surface area contributed by atoms with Gasteiger partial charge in [0.15, 0.2) is 9.84 Å². The Morgan fingerprint density at radius 3 is 2.40 bits per heavy atom. The number of benzene rings is 1. The van der Waals surface area contributed by atoms with E-state index in [1.54, 1.807) is 12.1 Å². The van der Waals surface area contributed by atoms with Crippen molar-refractivity contribution in [2.75, 3.05) is 11.6 Å². The maximum Gasteiger partial charge on any atom is 0.175 e. The fraction of sp³-hybridized carbons (Fsp3) is 0.400. The Labute approximate surface area is 107 Å². The Hall–Kier alpha value is 0.130. The Morgan fingerprint density at radius 2 is 1.93 bits per heavy atom. The lowest BCUT2D eigenvalue weighted by molar-refractivity contribution is 0.601. The molecule has 0 aliphatic carbocycles. The molecule has 0 saturated heterocycles. The van der Waals surface area contributed by atoms with Crippen molar-refractivity contribution in [1.29, 1.82) is 0 Å². The van der Waals surface area contributed by atoms with Gasteiger partial charge in [0.05, 0.1) is 4.90 Å². The van der Waals surface area contributed by atoms with Crippen LogP contribution in [0.5, 0.6) is 0 Å². The molecule has 0 spiro atoms. The molecule has 2 nitrogen and oxygen atoms in total. The average Bonchev–Trinajstić information content (AvgIpc) is 2.09. The Kier molecular flexibility index (Phi) is 4.38. The fourth-order valence-electron chi connectivity index (χ4n) is 1.51. The van der Waals surface area contributed by atoms with Crippen LogP contribution >= 0.6 is 31.9 Å². The van der Waals surface area contributed by atoms with Crippen molar-refractivity contribution in [3.63, 3.8) is 0 Å². The van der Waals surface area contributed by atoms with Crippen molar-refractivity contribution in [2.45, 2.75) is 18.2 Å². The summed E-state index contributed by atoms with van der Waals surface area (Å²) in [4.78, 5) is 0.418. The predicted octanol–water partition coefficient (Wildman–Crippen LogP) is 3.10. The summed E-state index contributed by atoms with van der Waals surface area (Å²) in [5.41, 5.74) is 1.89. The van der Waals surface area contributed by atoms with Crippen LogP contribution in [0.25, 0.3) is 0 Å². The zero-order chi connectivity index (χ0) is 11.6. The second-order valence-electron chi connectivity index (χ2n) is 3.36. The Morgan fingerprint density at radius 1 is 1.33 bits per heavy atom. The van der Waals surface area contributed by atoms with Crippen molar-refractivity contribution in [2.24, 2.45) is 0 Å². The van der Waals surface area contributed by atoms with E-state index in [0.717, 1.165) is 27.4 Å². The first kappa shape index (κ1) is 13.2. The molecule has 15 heavy (non-hydrogen) atoms. The number of sulfone groups is 1. The molecule has 0 amide bonds. The van der Waals surface area contributed by atoms with Gasteiger partial charge in [0.25, 0.3) is 0 Å². The lowest BCUT2D eigenvalue weighted by Crippen LogP contribution is -2.04. The zero-order valence-electron chi connectivity index (χ0n) is 8.55. The molecule has 0 heterocycles. The summed E-state index contributed by atoms with van der Waals surface area (Å²) in [6.45, 7) is 1.85. The highest BCUT2D eigenvalue weighted by molar-refractivity contribution is 9.10. The average molecular weight is 356 g/mol. The molecule has 0 bridgehead atoms. The van der Waals surface area contributed by atoms with Crippen molar-refractivity contribution in [1.82, 2.24) is 0 Å². The van der Waals surface area contributed by atoms with Gasteiger partial charge in [-0.1, -0.05) is 31.9 Å². The molecule has 0 aliphatic rings. The first-order chi connectivity index (χ1) is 6.88. The van der Waals surface area contributed by atoms with Crippen LogP contribution in [0.1, 0.15) is 11.1 Å². The molecule has 0 saturated carbocycles. The standard InChI is InChI=1S/C10H12Br2O2S/c1-7-8(5-6-11)9(12)3-4-10(7)15(2,13)14/h3-4H,5-6H2,1-2H3. The first-order valence-electron chi connectivity index (χ1n) is 4.42. The second kappa shape index (κ2) is 4.97. The van der Waals surface area contributed by atoms with E-state index in [9.17, 15) is 8.42 Å². The quantitative estimate of drug-likeness (QED) is 0.781. The molecule has 84 valence electrons. The predicted molar refractivity (Wildman–Crippen MR) is 69.5 cm³/mol. The monoisotopic (exact) mass is 354 g/mol. The van der Waals surface area contributed by atoms with Crippen LogP contribution in [-0.2, 0) is 16.3 Å². The van der Waals surface area contributed by atoms with E-state index in [1.807, 2.05) is 6.92 Å². The van der Waals surface area contributed by atoms with Gasteiger partial charge in [-0.05, 0) is 36.6 Å². The smallest absolute Gasteiger partial charge is 0.175 e. The normalized spacial score (nSPS) is 11.7. The molecule has 1 aromatic carbocycles. The van der Waals surface area contributed by atoms with Gasteiger partial charge in [0, 0.05) is 16.1 Å². The number of hydrogen-bond acceptors (Lipinski definition) is 2. The minimum Gasteiger partial charge on any atom is -0.224 e. The van der Waals surface area contributed by atoms with Crippen LogP contribution < -0.4 is 0 Å². The van der Waals surface area contributed by atoms with Gasteiger partial charge in [-0.25, -0.2) is 8.42 Å². The van der Waals surface area contributed by atoms with Crippen LogP contribution in [0, 0.1) is 6.92 Å². The Balaban J connectivity index is 3.42. The summed E-state index contributed by atoms with van der Waals surface area (Å²) in [7, 11) is -3.13. The molecule has 0 fully saturated rings. The molecular weight excluding hydrogens is 344 g/mol. The fourth-order valence-corrected chi connectivity index (χ4v) is 3.52. The molecule has 0 unspecified atom stereocenters. The van der Waals surface area contributed by atoms with E-state index in [0.29, 0.717) is 4.90 Å². The van der Waals surface area contributed by atoms with Gasteiger partial charge in [-0.3, -0.25) is 0 Å². The molecule has 5 heteroatoms. The zero-order valence-corrected chi connectivity index (χ0v) is 12.5. The van der Waals surface area contributed by atoms with E-state index in [2.05, 4.69) is 31.9 Å². The highest BCUT2D eigenvalue weighted by Gasteiger charge is 2.15. The third-order valence-electron chi connectivity index (χ3n) is 2.24. The summed E-state index contributed by atoms with van der Waals surface area (Å²) in [5, 5.41) is 0.819. The van der Waals surface area contributed by atoms with Gasteiger partial charge >= 0.3 is 0 Å². The first-order valence-corrected chi connectivity index (χ1v) is 8.22. The molecular formula is C10H12Br2O2S. The summed E-state index contributed by atoms with van der Waals surface area (Å²) >= 11 is 6.79. The maximum absolute atomic E-state index is 11.5. The van der Waals surface area contributed by atoms with Crippen LogP contribution in [0.4, 0.5) is 0 Å². The van der Waals surface area contributed by atoms with Crippen LogP contribution in [0.15, 0.2) is 21.5 Å². The van der Waals surface area contributed by atoms with Gasteiger partial charge in [-0.2, -0.15) is 0 Å². The molecule has 0 radical (unpaired) electrons. The SMILES string of the molecule is Cc1c(S(C)(=O)=O)ccc(Br)c1CCBr. The van der Waals surface area contributed by atoms with E-state index in [-0.39, 0.29) is 0 Å². The largest absolute Gasteiger partial charge is 0.224 e. The topological polar surface area (TPSA) is 34.1 Å². The van der Waals surface area contributed by atoms with Crippen molar-refractivity contribution in [3.05, 3.63) is 27.7 Å². The number of alkyl halides is 1. The molecule has 1 aromatic rings. The van der Waals surface area contributed by atoms with E-state index in [1.165, 1.54) is 6.26 Å². The van der Waals surface area contributed by atoms with Gasteiger partial charge in [0.1, 0.15) is 0 Å². The van der Waals surface area contributed by atoms with E-state index in [4.69, 9.17) is 0 Å². The second-order valence-corrected chi connectivity index (χ2v) is 6.99. The number of rotatable bonds is 3. The van der Waals surface area contributed by atoms with Crippen LogP contribution in [-0.4, -0.2) is 20.0 Å². The lowest BCUT2D eigenvalue weighted by Gasteiger charge is -2.11. The minimum atomic E-state index is -3.13. The number of hydrogen-bond donors (Lipinski definition) is 0. The molecule has 0 atom stereocenters. The third kappa shape index (κ3) is 3.04. The summed E-state index contributed by atoms with van der Waals surface area (Å²) < 4.78 is 24.0. The summed E-state index contributed by atoms with van der Waals surface area (Å²) in [5.74, 6) is 0. The maximum atomic E-state index is 11.5. The Bertz CT molecular complexity index is 467. The summed E-state index contributed by atoms with van der Waals surface area (Å²) in [6.07, 6.45) is 2.05. The molecule has 0 N–H and O–H groups in total. The highest BCUT2D eigenvalue weighted by Crippen LogP contribution is 2.27. The molecule has 0 aromatic heterocycles.